The van der Waals surface area contributed by atoms with Crippen LogP contribution >= 0.6 is 0 Å². The molecule has 1 heterocycles. The summed E-state index contributed by atoms with van der Waals surface area (Å²) in [6.07, 6.45) is 0.833. The van der Waals surface area contributed by atoms with Crippen LogP contribution in [0.2, 0.25) is 0 Å². The van der Waals surface area contributed by atoms with Gasteiger partial charge in [0.25, 0.3) is 5.56 Å². The van der Waals surface area contributed by atoms with Crippen LogP contribution in [0.5, 0.6) is 5.75 Å². The molecule has 7 N–H and O–H groups in total. The highest BCUT2D eigenvalue weighted by atomic mass is 16.4. The fraction of sp³-hybridized carbons (Fsp3) is 0.208. The number of phenolic OH excluding ortho intramolecular Hbond substituents is 1. The predicted molar refractivity (Wildman–Crippen MR) is 136 cm³/mol. The van der Waals surface area contributed by atoms with Crippen molar-refractivity contribution in [2.75, 3.05) is 16.0 Å². The minimum Gasteiger partial charge on any atom is -0.508 e. The molecule has 36 heavy (non-hydrogen) atoms. The van der Waals surface area contributed by atoms with Gasteiger partial charge in [-0.05, 0) is 43.7 Å². The number of anilines is 3. The molecule has 0 saturated carbocycles. The van der Waals surface area contributed by atoms with E-state index in [1.165, 1.54) is 35.0 Å². The van der Waals surface area contributed by atoms with Crippen LogP contribution in [-0.4, -0.2) is 44.1 Å². The molecule has 0 fully saturated rings. The monoisotopic (exact) mass is 493 g/mol. The summed E-state index contributed by atoms with van der Waals surface area (Å²) in [5.41, 5.74) is 7.31. The van der Waals surface area contributed by atoms with Crippen molar-refractivity contribution < 1.29 is 19.8 Å². The second-order valence-electron chi connectivity index (χ2n) is 8.22. The van der Waals surface area contributed by atoms with E-state index < -0.39 is 17.6 Å². The van der Waals surface area contributed by atoms with Crippen LogP contribution in [0.3, 0.4) is 0 Å². The lowest BCUT2D eigenvalue weighted by molar-refractivity contribution is -0.121. The second kappa shape index (κ2) is 11.0. The number of hydrogen-bond acceptors (Lipinski definition) is 8. The molecule has 0 atom stereocenters. The fourth-order valence-electron chi connectivity index (χ4n) is 3.44. The number of carbonyl (C=O) groups is 2. The summed E-state index contributed by atoms with van der Waals surface area (Å²) in [7, 11) is 0. The van der Waals surface area contributed by atoms with Gasteiger partial charge in [0.05, 0.1) is 23.9 Å². The Morgan fingerprint density at radius 2 is 1.92 bits per heavy atom. The molecule has 0 spiro atoms. The van der Waals surface area contributed by atoms with Crippen molar-refractivity contribution in [3.63, 3.8) is 0 Å². The van der Waals surface area contributed by atoms with Crippen molar-refractivity contribution in [1.82, 2.24) is 14.9 Å². The van der Waals surface area contributed by atoms with Crippen LogP contribution in [0.4, 0.5) is 22.0 Å². The van der Waals surface area contributed by atoms with E-state index in [1.807, 2.05) is 13.8 Å². The molecule has 1 aromatic heterocycles. The van der Waals surface area contributed by atoms with E-state index in [0.717, 1.165) is 4.90 Å². The largest absolute Gasteiger partial charge is 0.508 e. The number of rotatable bonds is 9. The van der Waals surface area contributed by atoms with Crippen LogP contribution < -0.4 is 26.8 Å². The highest BCUT2D eigenvalue weighted by Gasteiger charge is 2.17. The van der Waals surface area contributed by atoms with E-state index in [-0.39, 0.29) is 42.1 Å². The Balaban J connectivity index is 1.83. The highest BCUT2D eigenvalue weighted by molar-refractivity contribution is 6.02. The molecule has 2 amide bonds. The Kier molecular flexibility index (Phi) is 7.89. The van der Waals surface area contributed by atoms with Gasteiger partial charge in [0.2, 0.25) is 5.91 Å². The lowest BCUT2D eigenvalue weighted by Crippen LogP contribution is -2.35. The lowest BCUT2D eigenvalue weighted by Gasteiger charge is -2.17. The number of nitrogens with two attached hydrogens (primary N) is 1. The number of carbonyl (C=O) groups excluding carboxylic acids is 1. The van der Waals surface area contributed by atoms with Crippen molar-refractivity contribution in [3.05, 3.63) is 64.6 Å². The van der Waals surface area contributed by atoms with Crippen LogP contribution in [0.25, 0.3) is 11.3 Å². The molecule has 2 aromatic carbocycles. The van der Waals surface area contributed by atoms with E-state index in [0.29, 0.717) is 23.2 Å². The number of amides is 2. The molecule has 3 aromatic rings. The number of aromatic nitrogens is 2. The summed E-state index contributed by atoms with van der Waals surface area (Å²) in [5.74, 6) is -0.464. The highest BCUT2D eigenvalue weighted by Crippen LogP contribution is 2.26. The SMILES string of the molecule is CC(C)Nc1ncc(-c2cc(N)cc(O)c2)n(CC(=O)NCc2ccc(N(C=N)C(=O)O)cc2)c1=O. The summed E-state index contributed by atoms with van der Waals surface area (Å²) in [6, 6.07) is 10.6. The van der Waals surface area contributed by atoms with E-state index in [9.17, 15) is 19.5 Å². The summed E-state index contributed by atoms with van der Waals surface area (Å²) >= 11 is 0. The summed E-state index contributed by atoms with van der Waals surface area (Å²) in [5, 5.41) is 31.9. The molecule has 0 aliphatic heterocycles. The maximum absolute atomic E-state index is 13.2. The van der Waals surface area contributed by atoms with Crippen molar-refractivity contribution in [3.8, 4) is 17.0 Å². The number of aromatic hydroxyl groups is 1. The first-order valence-electron chi connectivity index (χ1n) is 10.9. The van der Waals surface area contributed by atoms with Gasteiger partial charge in [0.15, 0.2) is 5.82 Å². The number of carboxylic acid groups (broad SMARTS) is 1. The van der Waals surface area contributed by atoms with Crippen molar-refractivity contribution in [1.29, 1.82) is 5.41 Å². The predicted octanol–water partition coefficient (Wildman–Crippen LogP) is 2.43. The molecule has 12 heteroatoms. The third-order valence-corrected chi connectivity index (χ3v) is 5.06. The number of benzene rings is 2. The first-order chi connectivity index (χ1) is 17.1. The van der Waals surface area contributed by atoms with Gasteiger partial charge in [-0.1, -0.05) is 12.1 Å². The summed E-state index contributed by atoms with van der Waals surface area (Å²) in [4.78, 5) is 42.0. The summed E-state index contributed by atoms with van der Waals surface area (Å²) in [6.45, 7) is 3.51. The van der Waals surface area contributed by atoms with Crippen LogP contribution in [0.15, 0.2) is 53.5 Å². The number of nitrogen functional groups attached to an aromatic ring is 1. The average molecular weight is 494 g/mol. The minimum absolute atomic E-state index is 0.0672. The molecule has 0 aliphatic rings. The topological polar surface area (TPSA) is 187 Å². The smallest absolute Gasteiger partial charge is 0.417 e. The van der Waals surface area contributed by atoms with Gasteiger partial charge in [0.1, 0.15) is 12.3 Å². The third-order valence-electron chi connectivity index (χ3n) is 5.06. The molecular weight excluding hydrogens is 466 g/mol. The first kappa shape index (κ1) is 25.7. The van der Waals surface area contributed by atoms with Crippen LogP contribution in [0, 0.1) is 5.41 Å². The number of nitrogens with zero attached hydrogens (tertiary/aromatic N) is 3. The maximum atomic E-state index is 13.2. The van der Waals surface area contributed by atoms with Gasteiger partial charge in [-0.2, -0.15) is 0 Å². The molecule has 3 rings (SSSR count). The zero-order valence-corrected chi connectivity index (χ0v) is 19.7. The standard InChI is InChI=1S/C24H27N7O5/c1-14(2)29-22-23(34)30(20(11-28-22)16-7-17(26)9-19(32)8-16)12-21(33)27-10-15-3-5-18(6-4-15)31(13-25)24(35)36/h3-9,11,13-14,25,32H,10,12,26H2,1-2H3,(H,27,33)(H,28,29)(H,35,36). The minimum atomic E-state index is -1.29. The molecule has 12 nitrogen and oxygen atoms in total. The Morgan fingerprint density at radius 3 is 2.50 bits per heavy atom. The Labute approximate surface area is 206 Å². The van der Waals surface area contributed by atoms with Gasteiger partial charge in [-0.25, -0.2) is 14.7 Å². The molecule has 0 aliphatic carbocycles. The van der Waals surface area contributed by atoms with Crippen molar-refractivity contribution in [2.24, 2.45) is 0 Å². The Bertz CT molecular complexity index is 1320. The summed E-state index contributed by atoms with van der Waals surface area (Å²) < 4.78 is 1.25. The van der Waals surface area contributed by atoms with Gasteiger partial charge in [0, 0.05) is 29.9 Å². The zero-order valence-electron chi connectivity index (χ0n) is 19.7. The van der Waals surface area contributed by atoms with E-state index in [2.05, 4.69) is 15.6 Å². The third kappa shape index (κ3) is 6.17. The van der Waals surface area contributed by atoms with Gasteiger partial charge in [-0.15, -0.1) is 0 Å². The van der Waals surface area contributed by atoms with Crippen molar-refractivity contribution in [2.45, 2.75) is 33.0 Å². The van der Waals surface area contributed by atoms with Gasteiger partial charge >= 0.3 is 6.09 Å². The second-order valence-corrected chi connectivity index (χ2v) is 8.22. The van der Waals surface area contributed by atoms with Crippen LogP contribution in [0.1, 0.15) is 19.4 Å². The first-order valence-corrected chi connectivity index (χ1v) is 10.9. The zero-order chi connectivity index (χ0) is 26.4. The number of phenols is 1. The Hall–Kier alpha value is -4.87. The quantitative estimate of drug-likeness (QED) is 0.149. The van der Waals surface area contributed by atoms with Crippen LogP contribution in [-0.2, 0) is 17.9 Å². The maximum Gasteiger partial charge on any atom is 0.417 e. The molecule has 0 radical (unpaired) electrons. The Morgan fingerprint density at radius 1 is 1.22 bits per heavy atom. The average Bonchev–Trinajstić information content (AvgIpc) is 2.80. The molecule has 0 saturated heterocycles. The molecule has 0 bridgehead atoms. The van der Waals surface area contributed by atoms with E-state index >= 15 is 0 Å². The number of nitrogens with one attached hydrogen (secondary N) is 3. The van der Waals surface area contributed by atoms with Gasteiger partial charge in [-0.3, -0.25) is 19.6 Å². The van der Waals surface area contributed by atoms with Crippen molar-refractivity contribution >= 4 is 35.5 Å². The number of hydrogen-bond donors (Lipinski definition) is 6. The molecular formula is C24H27N7O5. The van der Waals surface area contributed by atoms with E-state index in [4.69, 9.17) is 16.2 Å². The molecule has 0 unspecified atom stereocenters. The normalized spacial score (nSPS) is 10.6. The lowest BCUT2D eigenvalue weighted by atomic mass is 10.1. The fourth-order valence-corrected chi connectivity index (χ4v) is 3.44. The van der Waals surface area contributed by atoms with Gasteiger partial charge < -0.3 is 26.6 Å². The molecule has 188 valence electrons. The van der Waals surface area contributed by atoms with E-state index in [1.54, 1.807) is 18.2 Å².